The van der Waals surface area contributed by atoms with Crippen LogP contribution in [0.5, 0.6) is 0 Å². The van der Waals surface area contributed by atoms with E-state index in [1.54, 1.807) is 0 Å². The number of nitriles is 1. The zero-order valence-corrected chi connectivity index (χ0v) is 11.7. The third-order valence-electron chi connectivity index (χ3n) is 3.29. The molecule has 1 saturated heterocycles. The fourth-order valence-electron chi connectivity index (χ4n) is 2.29. The van der Waals surface area contributed by atoms with Crippen molar-refractivity contribution in [2.75, 3.05) is 12.3 Å². The summed E-state index contributed by atoms with van der Waals surface area (Å²) in [4.78, 5) is 11.1. The molecule has 5 N–H and O–H groups in total. The van der Waals surface area contributed by atoms with Gasteiger partial charge in [-0.3, -0.25) is 4.79 Å². The second kappa shape index (κ2) is 5.33. The molecule has 1 heterocycles. The number of aliphatic hydroxyl groups excluding tert-OH is 1. The van der Waals surface area contributed by atoms with E-state index in [1.165, 1.54) is 18.2 Å². The Morgan fingerprint density at radius 3 is 2.67 bits per heavy atom. The molecular weight excluding hydrogens is 296 g/mol. The Bertz CT molecular complexity index is 725. The summed E-state index contributed by atoms with van der Waals surface area (Å²) in [5, 5.41) is 18.3. The molecule has 0 spiro atoms. The number of anilines is 1. The molecule has 0 radical (unpaired) electrons. The molecule has 0 bridgehead atoms. The molecule has 0 aromatic heterocycles. The molecule has 2 rings (SSSR count). The minimum absolute atomic E-state index is 0.0508. The minimum Gasteiger partial charge on any atom is -0.398 e. The van der Waals surface area contributed by atoms with Crippen molar-refractivity contribution in [3.8, 4) is 6.07 Å². The maximum absolute atomic E-state index is 12.6. The third-order valence-corrected chi connectivity index (χ3v) is 5.24. The molecule has 0 saturated carbocycles. The van der Waals surface area contributed by atoms with Crippen LogP contribution >= 0.6 is 0 Å². The van der Waals surface area contributed by atoms with Crippen molar-refractivity contribution in [2.45, 2.75) is 23.5 Å². The number of β-amino-alcohol motifs (C(OH)–C–C–N with tert-alkyl or cyclic N) is 1. The number of nitrogen functional groups attached to an aromatic ring is 1. The molecule has 2 atom stereocenters. The first-order chi connectivity index (χ1) is 9.77. The number of carbonyl (C=O) groups is 1. The average Bonchev–Trinajstić information content (AvgIpc) is 2.81. The van der Waals surface area contributed by atoms with Crippen molar-refractivity contribution in [1.29, 1.82) is 5.26 Å². The molecule has 2 unspecified atom stereocenters. The zero-order valence-electron chi connectivity index (χ0n) is 10.9. The molecule has 1 aliphatic rings. The summed E-state index contributed by atoms with van der Waals surface area (Å²) in [5.41, 5.74) is 11.0. The number of benzene rings is 1. The summed E-state index contributed by atoms with van der Waals surface area (Å²) in [7, 11) is -4.08. The Hall–Kier alpha value is -2.15. The number of nitrogens with two attached hydrogens (primary N) is 2. The summed E-state index contributed by atoms with van der Waals surface area (Å²) in [6.45, 7) is -0.227. The second-order valence-corrected chi connectivity index (χ2v) is 6.61. The second-order valence-electron chi connectivity index (χ2n) is 4.75. The summed E-state index contributed by atoms with van der Waals surface area (Å²) in [6, 6.07) is 4.49. The fourth-order valence-corrected chi connectivity index (χ4v) is 4.03. The lowest BCUT2D eigenvalue weighted by Crippen LogP contribution is -2.43. The van der Waals surface area contributed by atoms with Crippen molar-refractivity contribution < 1.29 is 18.3 Å². The molecule has 0 aliphatic carbocycles. The van der Waals surface area contributed by atoms with E-state index in [2.05, 4.69) is 0 Å². The average molecular weight is 310 g/mol. The van der Waals surface area contributed by atoms with Crippen molar-refractivity contribution in [3.05, 3.63) is 23.8 Å². The van der Waals surface area contributed by atoms with Gasteiger partial charge >= 0.3 is 0 Å². The first-order valence-corrected chi connectivity index (χ1v) is 7.50. The molecule has 1 fully saturated rings. The van der Waals surface area contributed by atoms with Gasteiger partial charge in [0.2, 0.25) is 15.9 Å². The summed E-state index contributed by atoms with van der Waals surface area (Å²) >= 11 is 0. The van der Waals surface area contributed by atoms with Gasteiger partial charge in [-0.1, -0.05) is 0 Å². The Morgan fingerprint density at radius 1 is 1.48 bits per heavy atom. The van der Waals surface area contributed by atoms with Crippen molar-refractivity contribution in [2.24, 2.45) is 5.73 Å². The highest BCUT2D eigenvalue weighted by Crippen LogP contribution is 2.29. The summed E-state index contributed by atoms with van der Waals surface area (Å²) in [6.07, 6.45) is -1.01. The molecule has 1 aromatic carbocycles. The van der Waals surface area contributed by atoms with Gasteiger partial charge in [-0.2, -0.15) is 9.57 Å². The standard InChI is InChI=1S/C12H14N4O4S/c13-5-7-1-2-11(9(14)3-7)21(19,20)16-6-8(17)4-10(16)12(15)18/h1-3,8,10,17H,4,6,14H2,(H2,15,18). The number of sulfonamides is 1. The van der Waals surface area contributed by atoms with Gasteiger partial charge in [0.1, 0.15) is 10.9 Å². The van der Waals surface area contributed by atoms with Gasteiger partial charge < -0.3 is 16.6 Å². The monoisotopic (exact) mass is 310 g/mol. The topological polar surface area (TPSA) is 151 Å². The number of nitrogens with zero attached hydrogens (tertiary/aromatic N) is 2. The number of hydrogen-bond donors (Lipinski definition) is 3. The Morgan fingerprint density at radius 2 is 2.14 bits per heavy atom. The number of primary amides is 1. The van der Waals surface area contributed by atoms with Crippen molar-refractivity contribution in [1.82, 2.24) is 4.31 Å². The zero-order chi connectivity index (χ0) is 15.8. The predicted octanol–water partition coefficient (Wildman–Crippen LogP) is -1.25. The van der Waals surface area contributed by atoms with Crippen LogP contribution in [-0.4, -0.2) is 42.4 Å². The SMILES string of the molecule is N#Cc1ccc(S(=O)(=O)N2CC(O)CC2C(N)=O)c(N)c1. The van der Waals surface area contributed by atoms with Crippen LogP contribution in [0, 0.1) is 11.3 Å². The molecule has 8 nitrogen and oxygen atoms in total. The highest BCUT2D eigenvalue weighted by molar-refractivity contribution is 7.89. The van der Waals surface area contributed by atoms with E-state index in [4.69, 9.17) is 16.7 Å². The summed E-state index contributed by atoms with van der Waals surface area (Å²) < 4.78 is 26.0. The van der Waals surface area contributed by atoms with Crippen LogP contribution in [0.2, 0.25) is 0 Å². The first kappa shape index (κ1) is 15.2. The van der Waals surface area contributed by atoms with Gasteiger partial charge in [-0.05, 0) is 18.2 Å². The first-order valence-electron chi connectivity index (χ1n) is 6.06. The van der Waals surface area contributed by atoms with Crippen LogP contribution in [0.15, 0.2) is 23.1 Å². The molecular formula is C12H14N4O4S. The van der Waals surface area contributed by atoms with Crippen molar-refractivity contribution >= 4 is 21.6 Å². The van der Waals surface area contributed by atoms with Crippen LogP contribution in [0.3, 0.4) is 0 Å². The molecule has 1 amide bonds. The van der Waals surface area contributed by atoms with Gasteiger partial charge in [-0.15, -0.1) is 0 Å². The summed E-state index contributed by atoms with van der Waals surface area (Å²) in [5.74, 6) is -0.831. The highest BCUT2D eigenvalue weighted by atomic mass is 32.2. The third kappa shape index (κ3) is 2.69. The van der Waals surface area contributed by atoms with E-state index in [-0.39, 0.29) is 29.1 Å². The number of amides is 1. The minimum atomic E-state index is -4.08. The quantitative estimate of drug-likeness (QED) is 0.593. The van der Waals surface area contributed by atoms with E-state index in [1.807, 2.05) is 6.07 Å². The van der Waals surface area contributed by atoms with Crippen LogP contribution in [0.25, 0.3) is 0 Å². The number of rotatable bonds is 3. The number of hydrogen-bond acceptors (Lipinski definition) is 6. The largest absolute Gasteiger partial charge is 0.398 e. The smallest absolute Gasteiger partial charge is 0.245 e. The predicted molar refractivity (Wildman–Crippen MR) is 73.1 cm³/mol. The van der Waals surface area contributed by atoms with E-state index < -0.39 is 28.1 Å². The maximum Gasteiger partial charge on any atom is 0.245 e. The molecule has 1 aliphatic heterocycles. The molecule has 112 valence electrons. The maximum atomic E-state index is 12.6. The lowest BCUT2D eigenvalue weighted by Gasteiger charge is -2.22. The van der Waals surface area contributed by atoms with Gasteiger partial charge in [0, 0.05) is 13.0 Å². The fraction of sp³-hybridized carbons (Fsp3) is 0.333. The van der Waals surface area contributed by atoms with E-state index in [9.17, 15) is 18.3 Å². The van der Waals surface area contributed by atoms with Gasteiger partial charge in [0.05, 0.1) is 23.4 Å². The van der Waals surface area contributed by atoms with Crippen molar-refractivity contribution in [3.63, 3.8) is 0 Å². The molecule has 1 aromatic rings. The van der Waals surface area contributed by atoms with E-state index in [0.29, 0.717) is 0 Å². The normalized spacial score (nSPS) is 22.9. The lowest BCUT2D eigenvalue weighted by molar-refractivity contribution is -0.121. The van der Waals surface area contributed by atoms with E-state index in [0.717, 1.165) is 4.31 Å². The highest BCUT2D eigenvalue weighted by Gasteiger charge is 2.43. The Kier molecular flexibility index (Phi) is 3.87. The molecule has 21 heavy (non-hydrogen) atoms. The van der Waals surface area contributed by atoms with Gasteiger partial charge in [0.25, 0.3) is 0 Å². The van der Waals surface area contributed by atoms with Gasteiger partial charge in [0.15, 0.2) is 0 Å². The lowest BCUT2D eigenvalue weighted by atomic mass is 10.2. The number of carbonyl (C=O) groups excluding carboxylic acids is 1. The Balaban J connectivity index is 2.47. The Labute approximate surface area is 121 Å². The van der Waals surface area contributed by atoms with Gasteiger partial charge in [-0.25, -0.2) is 8.42 Å². The van der Waals surface area contributed by atoms with Crippen LogP contribution in [-0.2, 0) is 14.8 Å². The van der Waals surface area contributed by atoms with Crippen LogP contribution in [0.1, 0.15) is 12.0 Å². The van der Waals surface area contributed by atoms with E-state index >= 15 is 0 Å². The number of aliphatic hydroxyl groups is 1. The molecule has 9 heteroatoms. The van der Waals surface area contributed by atoms with Crippen LogP contribution < -0.4 is 11.5 Å². The van der Waals surface area contributed by atoms with Crippen LogP contribution in [0.4, 0.5) is 5.69 Å².